The van der Waals surface area contributed by atoms with Gasteiger partial charge < -0.3 is 14.8 Å². The number of esters is 1. The van der Waals surface area contributed by atoms with Crippen LogP contribution >= 0.6 is 11.8 Å². The Morgan fingerprint density at radius 2 is 1.84 bits per heavy atom. The number of hydrogen-bond acceptors (Lipinski definition) is 7. The van der Waals surface area contributed by atoms with Gasteiger partial charge in [0, 0.05) is 13.8 Å². The van der Waals surface area contributed by atoms with Crippen LogP contribution in [-0.4, -0.2) is 34.6 Å². The first-order chi connectivity index (χ1) is 14.8. The van der Waals surface area contributed by atoms with Gasteiger partial charge in [-0.25, -0.2) is 14.2 Å². The molecular formula is C21H20FN3O5S. The average molecular weight is 445 g/mol. The van der Waals surface area contributed by atoms with Gasteiger partial charge in [-0.15, -0.1) is 5.10 Å². The van der Waals surface area contributed by atoms with Crippen molar-refractivity contribution < 1.29 is 28.2 Å². The number of ether oxygens (including phenoxy) is 2. The molecule has 1 atom stereocenters. The Morgan fingerprint density at radius 3 is 2.45 bits per heavy atom. The maximum Gasteiger partial charge on any atom is 0.343 e. The quantitative estimate of drug-likeness (QED) is 0.559. The van der Waals surface area contributed by atoms with E-state index in [1.807, 2.05) is 0 Å². The predicted octanol–water partition coefficient (Wildman–Crippen LogP) is 3.44. The van der Waals surface area contributed by atoms with Crippen molar-refractivity contribution in [3.8, 4) is 11.5 Å². The second-order valence-corrected chi connectivity index (χ2v) is 7.52. The molecule has 0 saturated carbocycles. The smallest absolute Gasteiger partial charge is 0.343 e. The zero-order valence-electron chi connectivity index (χ0n) is 17.0. The van der Waals surface area contributed by atoms with Crippen LogP contribution in [0.2, 0.25) is 0 Å². The normalized spacial score (nSPS) is 15.3. The first-order valence-electron chi connectivity index (χ1n) is 9.35. The lowest BCUT2D eigenvalue weighted by atomic mass is 10.2. The molecule has 2 amide bonds. The third-order valence-electron chi connectivity index (χ3n) is 4.08. The first-order valence-corrected chi connectivity index (χ1v) is 10.2. The molecular weight excluding hydrogens is 425 g/mol. The fraction of sp³-hybridized carbons (Fsp3) is 0.238. The van der Waals surface area contributed by atoms with Crippen LogP contribution in [-0.2, 0) is 9.59 Å². The molecule has 0 aliphatic carbocycles. The molecule has 0 fully saturated rings. The van der Waals surface area contributed by atoms with Crippen LogP contribution in [0.5, 0.6) is 11.5 Å². The minimum absolute atomic E-state index is 0.181. The summed E-state index contributed by atoms with van der Waals surface area (Å²) in [6.07, 6.45) is 0. The molecule has 0 aromatic heterocycles. The Labute approximate surface area is 182 Å². The number of carbonyl (C=O) groups is 3. The lowest BCUT2D eigenvalue weighted by molar-refractivity contribution is -0.129. The number of hydrogen-bond donors (Lipinski definition) is 1. The van der Waals surface area contributed by atoms with Crippen LogP contribution in [0, 0.1) is 5.82 Å². The summed E-state index contributed by atoms with van der Waals surface area (Å²) in [6.45, 7) is 4.82. The molecule has 1 heterocycles. The van der Waals surface area contributed by atoms with Gasteiger partial charge in [0.15, 0.2) is 16.7 Å². The van der Waals surface area contributed by atoms with E-state index in [1.165, 1.54) is 54.9 Å². The second-order valence-electron chi connectivity index (χ2n) is 6.46. The van der Waals surface area contributed by atoms with E-state index < -0.39 is 17.2 Å². The number of benzene rings is 2. The summed E-state index contributed by atoms with van der Waals surface area (Å²) in [5.41, 5.74) is 0.852. The molecule has 0 spiro atoms. The second kappa shape index (κ2) is 9.61. The third kappa shape index (κ3) is 5.40. The standard InChI is InChI=1S/C21H20FN3O5S/c1-4-29-18-11-15(19-25(13(3)27)24-21(31-19)23-12(2)26)7-10-17(18)30-20(28)14-5-8-16(22)9-6-14/h5-11,19H,4H2,1-3H3,(H,23,24,26)/t19-/m0/s1. The number of hydrazone groups is 1. The number of halogens is 1. The molecule has 0 saturated heterocycles. The first kappa shape index (κ1) is 22.3. The molecule has 2 aromatic carbocycles. The van der Waals surface area contributed by atoms with Gasteiger partial charge in [0.25, 0.3) is 0 Å². The van der Waals surface area contributed by atoms with E-state index >= 15 is 0 Å². The largest absolute Gasteiger partial charge is 0.490 e. The van der Waals surface area contributed by atoms with Crippen LogP contribution in [0.1, 0.15) is 42.1 Å². The summed E-state index contributed by atoms with van der Waals surface area (Å²) < 4.78 is 24.1. The number of nitrogens with zero attached hydrogens (tertiary/aromatic N) is 2. The number of carbonyl (C=O) groups excluding carboxylic acids is 3. The van der Waals surface area contributed by atoms with Gasteiger partial charge in [-0.05, 0) is 48.9 Å². The van der Waals surface area contributed by atoms with E-state index in [4.69, 9.17) is 9.47 Å². The molecule has 1 aliphatic heterocycles. The highest BCUT2D eigenvalue weighted by molar-refractivity contribution is 8.14. The van der Waals surface area contributed by atoms with Gasteiger partial charge in [-0.1, -0.05) is 17.8 Å². The number of rotatable bonds is 5. The van der Waals surface area contributed by atoms with Crippen molar-refractivity contribution in [2.45, 2.75) is 26.1 Å². The number of amides is 2. The molecule has 0 bridgehead atoms. The van der Waals surface area contributed by atoms with E-state index in [9.17, 15) is 18.8 Å². The van der Waals surface area contributed by atoms with Crippen molar-refractivity contribution in [2.75, 3.05) is 6.61 Å². The van der Waals surface area contributed by atoms with Crippen LogP contribution < -0.4 is 14.8 Å². The number of nitrogens with one attached hydrogen (secondary N) is 1. The maximum absolute atomic E-state index is 13.1. The van der Waals surface area contributed by atoms with Crippen molar-refractivity contribution in [2.24, 2.45) is 5.10 Å². The van der Waals surface area contributed by atoms with E-state index in [2.05, 4.69) is 10.4 Å². The van der Waals surface area contributed by atoms with Crippen LogP contribution in [0.15, 0.2) is 47.6 Å². The van der Waals surface area contributed by atoms with Gasteiger partial charge >= 0.3 is 5.97 Å². The van der Waals surface area contributed by atoms with E-state index in [0.29, 0.717) is 23.1 Å². The van der Waals surface area contributed by atoms with Crippen LogP contribution in [0.4, 0.5) is 4.39 Å². The van der Waals surface area contributed by atoms with Gasteiger partial charge in [0.2, 0.25) is 11.8 Å². The summed E-state index contributed by atoms with van der Waals surface area (Å²) in [7, 11) is 0. The predicted molar refractivity (Wildman–Crippen MR) is 113 cm³/mol. The Kier molecular flexibility index (Phi) is 6.91. The summed E-state index contributed by atoms with van der Waals surface area (Å²) in [5, 5.41) is 7.76. The molecule has 0 radical (unpaired) electrons. The van der Waals surface area contributed by atoms with E-state index in [-0.39, 0.29) is 23.1 Å². The molecule has 10 heteroatoms. The van der Waals surface area contributed by atoms with Crippen molar-refractivity contribution in [1.82, 2.24) is 10.3 Å². The molecule has 162 valence electrons. The van der Waals surface area contributed by atoms with Crippen molar-refractivity contribution in [3.63, 3.8) is 0 Å². The molecule has 1 aliphatic rings. The van der Waals surface area contributed by atoms with Gasteiger partial charge in [-0.2, -0.15) is 0 Å². The lowest BCUT2D eigenvalue weighted by Crippen LogP contribution is -2.25. The average Bonchev–Trinajstić information content (AvgIpc) is 3.13. The van der Waals surface area contributed by atoms with Gasteiger partial charge in [0.1, 0.15) is 11.2 Å². The van der Waals surface area contributed by atoms with Crippen LogP contribution in [0.25, 0.3) is 0 Å². The minimum atomic E-state index is -0.661. The summed E-state index contributed by atoms with van der Waals surface area (Å²) in [4.78, 5) is 35.8. The lowest BCUT2D eigenvalue weighted by Gasteiger charge is -2.20. The molecule has 8 nitrogen and oxygen atoms in total. The molecule has 31 heavy (non-hydrogen) atoms. The monoisotopic (exact) mass is 445 g/mol. The Hall–Kier alpha value is -3.40. The Bertz CT molecular complexity index is 1040. The fourth-order valence-electron chi connectivity index (χ4n) is 2.75. The zero-order chi connectivity index (χ0) is 22.5. The zero-order valence-corrected chi connectivity index (χ0v) is 17.9. The van der Waals surface area contributed by atoms with Gasteiger partial charge in [0.05, 0.1) is 12.2 Å². The topological polar surface area (TPSA) is 97.3 Å². The highest BCUT2D eigenvalue weighted by Crippen LogP contribution is 2.41. The van der Waals surface area contributed by atoms with E-state index in [1.54, 1.807) is 25.1 Å². The number of amidine groups is 1. The van der Waals surface area contributed by atoms with Crippen molar-refractivity contribution in [1.29, 1.82) is 0 Å². The summed E-state index contributed by atoms with van der Waals surface area (Å²) in [5.74, 6) is -1.24. The maximum atomic E-state index is 13.1. The molecule has 1 N–H and O–H groups in total. The summed E-state index contributed by atoms with van der Waals surface area (Å²) >= 11 is 1.20. The van der Waals surface area contributed by atoms with Gasteiger partial charge in [-0.3, -0.25) is 9.59 Å². The van der Waals surface area contributed by atoms with E-state index in [0.717, 1.165) is 0 Å². The Balaban J connectivity index is 1.86. The molecule has 0 unspecified atom stereocenters. The fourth-order valence-corrected chi connectivity index (χ4v) is 3.88. The molecule has 3 rings (SSSR count). The SMILES string of the molecule is CCOc1cc([C@@H]2SC(NC(C)=O)=NN2C(C)=O)ccc1OC(=O)c1ccc(F)cc1. The number of thioether (sulfide) groups is 1. The van der Waals surface area contributed by atoms with Crippen molar-refractivity contribution in [3.05, 3.63) is 59.4 Å². The highest BCUT2D eigenvalue weighted by atomic mass is 32.2. The van der Waals surface area contributed by atoms with Crippen LogP contribution in [0.3, 0.4) is 0 Å². The highest BCUT2D eigenvalue weighted by Gasteiger charge is 2.33. The Morgan fingerprint density at radius 1 is 1.13 bits per heavy atom. The molecule has 2 aromatic rings. The van der Waals surface area contributed by atoms with Crippen molar-refractivity contribution >= 4 is 34.7 Å². The summed E-state index contributed by atoms with van der Waals surface area (Å²) in [6, 6.07) is 9.87. The third-order valence-corrected chi connectivity index (χ3v) is 5.19. The minimum Gasteiger partial charge on any atom is -0.490 e.